The Bertz CT molecular complexity index is 849. The van der Waals surface area contributed by atoms with Crippen LogP contribution in [0.3, 0.4) is 0 Å². The van der Waals surface area contributed by atoms with E-state index in [0.29, 0.717) is 11.8 Å². The summed E-state index contributed by atoms with van der Waals surface area (Å²) in [6.07, 6.45) is 5.95. The van der Waals surface area contributed by atoms with Crippen molar-refractivity contribution in [2.45, 2.75) is 50.7 Å². The Morgan fingerprint density at radius 1 is 1.13 bits per heavy atom. The van der Waals surface area contributed by atoms with Crippen LogP contribution in [0.4, 0.5) is 5.69 Å². The maximum atomic E-state index is 12.9. The van der Waals surface area contributed by atoms with Crippen LogP contribution in [0.25, 0.3) is 0 Å². The molecule has 5 fully saturated rings. The third-order valence-corrected chi connectivity index (χ3v) is 9.35. The third-order valence-electron chi connectivity index (χ3n) is 9.10. The molecule has 0 aromatic heterocycles. The fourth-order valence-corrected chi connectivity index (χ4v) is 7.41. The molecular formula is C25H33ClN2O3. The van der Waals surface area contributed by atoms with Gasteiger partial charge in [-0.25, -0.2) is 0 Å². The normalized spacial score (nSPS) is 42.3. The van der Waals surface area contributed by atoms with Crippen molar-refractivity contribution >= 4 is 23.3 Å². The summed E-state index contributed by atoms with van der Waals surface area (Å²) in [7, 11) is 0. The molecule has 0 bridgehead atoms. The lowest BCUT2D eigenvalue weighted by atomic mass is 9.53. The first-order valence-corrected chi connectivity index (χ1v) is 12.4. The van der Waals surface area contributed by atoms with Gasteiger partial charge in [0.2, 0.25) is 0 Å². The number of piperazine rings is 1. The number of halogens is 1. The number of rotatable bonds is 3. The number of hydrogen-bond acceptors (Lipinski definition) is 5. The smallest absolute Gasteiger partial charge is 0.310 e. The molecule has 0 amide bonds. The van der Waals surface area contributed by atoms with Gasteiger partial charge >= 0.3 is 5.97 Å². The van der Waals surface area contributed by atoms with Crippen LogP contribution in [0.5, 0.6) is 0 Å². The lowest BCUT2D eigenvalue weighted by Gasteiger charge is -2.51. The maximum Gasteiger partial charge on any atom is 0.310 e. The summed E-state index contributed by atoms with van der Waals surface area (Å²) in [6, 6.07) is 8.10. The number of carbonyl (C=O) groups excluding carboxylic acids is 1. The Hall–Kier alpha value is -1.30. The highest BCUT2D eigenvalue weighted by Crippen LogP contribution is 2.62. The molecule has 5 aliphatic rings. The van der Waals surface area contributed by atoms with E-state index in [1.54, 1.807) is 0 Å². The third kappa shape index (κ3) is 3.48. The van der Waals surface area contributed by atoms with Crippen LogP contribution in [0, 0.1) is 23.2 Å². The summed E-state index contributed by atoms with van der Waals surface area (Å²) < 4.78 is 12.0. The molecule has 3 heterocycles. The topological polar surface area (TPSA) is 45.3 Å². The molecule has 0 radical (unpaired) electrons. The van der Waals surface area contributed by atoms with Crippen molar-refractivity contribution in [2.24, 2.45) is 23.2 Å². The van der Waals surface area contributed by atoms with Crippen LogP contribution in [-0.2, 0) is 14.3 Å². The molecule has 1 spiro atoms. The Morgan fingerprint density at radius 2 is 1.87 bits per heavy atom. The number of carbonyl (C=O) groups is 1. The highest BCUT2D eigenvalue weighted by atomic mass is 35.5. The second-order valence-electron chi connectivity index (χ2n) is 10.9. The summed E-state index contributed by atoms with van der Waals surface area (Å²) in [5.74, 6) is 1.02. The zero-order chi connectivity index (χ0) is 21.2. The minimum atomic E-state index is 0.0226. The predicted octanol–water partition coefficient (Wildman–Crippen LogP) is 3.99. The molecule has 6 rings (SSSR count). The highest BCUT2D eigenvalue weighted by Gasteiger charge is 2.65. The molecule has 6 heteroatoms. The molecule has 1 aromatic rings. The van der Waals surface area contributed by atoms with E-state index in [-0.39, 0.29) is 29.0 Å². The average Bonchev–Trinajstić information content (AvgIpc) is 3.46. The van der Waals surface area contributed by atoms with Crippen LogP contribution in [0.1, 0.15) is 39.0 Å². The SMILES string of the molecule is C[C@]12CCC[C@@]3(CO3)[C@@H]1C[C@@H]1[C@H](CN3CCN(c4ccc(Cl)cc4)CC3)C(=O)O[C@@H]1C2. The molecule has 2 aliphatic carbocycles. The van der Waals surface area contributed by atoms with Gasteiger partial charge in [0.1, 0.15) is 6.10 Å². The molecule has 5 nitrogen and oxygen atoms in total. The molecule has 6 atom stereocenters. The molecule has 0 unspecified atom stereocenters. The van der Waals surface area contributed by atoms with Gasteiger partial charge in [-0.15, -0.1) is 0 Å². The number of nitrogens with zero attached hydrogens (tertiary/aromatic N) is 2. The summed E-state index contributed by atoms with van der Waals surface area (Å²) in [5, 5.41) is 0.775. The van der Waals surface area contributed by atoms with Crippen molar-refractivity contribution in [3.8, 4) is 0 Å². The van der Waals surface area contributed by atoms with Gasteiger partial charge in [0, 0.05) is 49.4 Å². The minimum absolute atomic E-state index is 0.0226. The Labute approximate surface area is 190 Å². The summed E-state index contributed by atoms with van der Waals surface area (Å²) >= 11 is 6.03. The average molecular weight is 445 g/mol. The maximum absolute atomic E-state index is 12.9. The number of benzene rings is 1. The number of epoxide rings is 1. The van der Waals surface area contributed by atoms with Gasteiger partial charge in [0.25, 0.3) is 0 Å². The van der Waals surface area contributed by atoms with E-state index >= 15 is 0 Å². The lowest BCUT2D eigenvalue weighted by molar-refractivity contribution is -0.147. The molecular weight excluding hydrogens is 412 g/mol. The molecule has 3 saturated heterocycles. The van der Waals surface area contributed by atoms with Crippen molar-refractivity contribution < 1.29 is 14.3 Å². The number of fused-ring (bicyclic) bond motifs is 3. The van der Waals surface area contributed by atoms with E-state index in [0.717, 1.165) is 57.2 Å². The second-order valence-corrected chi connectivity index (χ2v) is 11.3. The van der Waals surface area contributed by atoms with Gasteiger partial charge in [0.05, 0.1) is 18.1 Å². The Kier molecular flexibility index (Phi) is 4.82. The zero-order valence-electron chi connectivity index (χ0n) is 18.4. The highest BCUT2D eigenvalue weighted by molar-refractivity contribution is 6.30. The van der Waals surface area contributed by atoms with Gasteiger partial charge in [0.15, 0.2) is 0 Å². The van der Waals surface area contributed by atoms with Crippen LogP contribution < -0.4 is 4.90 Å². The summed E-state index contributed by atoms with van der Waals surface area (Å²) in [4.78, 5) is 17.8. The van der Waals surface area contributed by atoms with Crippen LogP contribution in [0.15, 0.2) is 24.3 Å². The van der Waals surface area contributed by atoms with Gasteiger partial charge in [-0.3, -0.25) is 9.69 Å². The first-order valence-electron chi connectivity index (χ1n) is 12.0. The van der Waals surface area contributed by atoms with E-state index in [9.17, 15) is 4.79 Å². The first kappa shape index (κ1) is 20.3. The summed E-state index contributed by atoms with van der Waals surface area (Å²) in [5.41, 5.74) is 1.62. The van der Waals surface area contributed by atoms with Crippen LogP contribution in [-0.4, -0.2) is 61.9 Å². The van der Waals surface area contributed by atoms with Crippen LogP contribution >= 0.6 is 11.6 Å². The number of hydrogen-bond donors (Lipinski definition) is 0. The van der Waals surface area contributed by atoms with Gasteiger partial charge in [-0.2, -0.15) is 0 Å². The monoisotopic (exact) mass is 444 g/mol. The molecule has 2 saturated carbocycles. The van der Waals surface area contributed by atoms with Gasteiger partial charge < -0.3 is 14.4 Å². The van der Waals surface area contributed by atoms with E-state index in [1.165, 1.54) is 24.9 Å². The molecule has 1 aromatic carbocycles. The zero-order valence-corrected chi connectivity index (χ0v) is 19.2. The largest absolute Gasteiger partial charge is 0.462 e. The van der Waals surface area contributed by atoms with E-state index in [1.807, 2.05) is 12.1 Å². The summed E-state index contributed by atoms with van der Waals surface area (Å²) in [6.45, 7) is 8.12. The first-order chi connectivity index (χ1) is 15.0. The van der Waals surface area contributed by atoms with Gasteiger partial charge in [-0.1, -0.05) is 18.5 Å². The Morgan fingerprint density at radius 3 is 2.58 bits per heavy atom. The van der Waals surface area contributed by atoms with E-state index < -0.39 is 0 Å². The molecule has 168 valence electrons. The van der Waals surface area contributed by atoms with E-state index in [4.69, 9.17) is 21.1 Å². The minimum Gasteiger partial charge on any atom is -0.462 e. The van der Waals surface area contributed by atoms with E-state index in [2.05, 4.69) is 28.9 Å². The number of anilines is 1. The fraction of sp³-hybridized carbons (Fsp3) is 0.720. The second kappa shape index (κ2) is 7.36. The number of esters is 1. The Balaban J connectivity index is 1.11. The van der Waals surface area contributed by atoms with Gasteiger partial charge in [-0.05, 0) is 67.7 Å². The molecule has 0 N–H and O–H groups in total. The predicted molar refractivity (Wildman–Crippen MR) is 120 cm³/mol. The van der Waals surface area contributed by atoms with Crippen molar-refractivity contribution in [1.82, 2.24) is 4.90 Å². The van der Waals surface area contributed by atoms with Crippen molar-refractivity contribution in [3.05, 3.63) is 29.3 Å². The van der Waals surface area contributed by atoms with Crippen molar-refractivity contribution in [1.29, 1.82) is 0 Å². The van der Waals surface area contributed by atoms with Crippen LogP contribution in [0.2, 0.25) is 5.02 Å². The fourth-order valence-electron chi connectivity index (χ4n) is 7.28. The molecule has 31 heavy (non-hydrogen) atoms. The lowest BCUT2D eigenvalue weighted by Crippen LogP contribution is -2.52. The van der Waals surface area contributed by atoms with Crippen molar-refractivity contribution in [2.75, 3.05) is 44.2 Å². The number of ether oxygens (including phenoxy) is 2. The quantitative estimate of drug-likeness (QED) is 0.521. The standard InChI is InChI=1S/C25H33ClN2O3/c1-24-7-2-8-25(16-30-25)22(24)13-19-20(23(29)31-21(19)14-24)15-27-9-11-28(12-10-27)18-5-3-17(26)4-6-18/h3-6,19-22H,2,7-16H2,1H3/t19-,20+,21-,22-,24-,25-/m1/s1. The van der Waals surface area contributed by atoms with Crippen molar-refractivity contribution in [3.63, 3.8) is 0 Å². The molecule has 3 aliphatic heterocycles.